The van der Waals surface area contributed by atoms with Gasteiger partial charge in [-0.05, 0) is 54.7 Å². The SMILES string of the molecule is Cc1cc(Cc2cc(C)c3c(c2)S/C(=C\C(=O)C(F)(F)F)N3)cc2c1N/C(=C/C(=O)C(C)(F)F)S2. The van der Waals surface area contributed by atoms with Gasteiger partial charge in [0.15, 0.2) is 0 Å². The molecule has 2 aromatic rings. The van der Waals surface area contributed by atoms with E-state index in [4.69, 9.17) is 0 Å². The third kappa shape index (κ3) is 5.56. The van der Waals surface area contributed by atoms with Gasteiger partial charge in [0, 0.05) is 28.9 Å². The van der Waals surface area contributed by atoms with E-state index >= 15 is 0 Å². The zero-order valence-electron chi connectivity index (χ0n) is 18.7. The van der Waals surface area contributed by atoms with Crippen LogP contribution in [0.4, 0.5) is 33.3 Å². The van der Waals surface area contributed by atoms with Gasteiger partial charge in [-0.25, -0.2) is 0 Å². The van der Waals surface area contributed by atoms with Crippen molar-refractivity contribution in [3.05, 3.63) is 68.7 Å². The van der Waals surface area contributed by atoms with Crippen molar-refractivity contribution in [1.29, 1.82) is 0 Å². The maximum absolute atomic E-state index is 13.2. The van der Waals surface area contributed by atoms with Gasteiger partial charge in [-0.1, -0.05) is 35.7 Å². The summed E-state index contributed by atoms with van der Waals surface area (Å²) in [4.78, 5) is 24.5. The number of allylic oxidation sites excluding steroid dienone is 2. The molecule has 2 heterocycles. The smallest absolute Gasteiger partial charge is 0.349 e. The second kappa shape index (κ2) is 9.02. The molecule has 35 heavy (non-hydrogen) atoms. The van der Waals surface area contributed by atoms with Crippen LogP contribution < -0.4 is 10.6 Å². The van der Waals surface area contributed by atoms with Crippen LogP contribution in [-0.4, -0.2) is 23.7 Å². The first-order valence-electron chi connectivity index (χ1n) is 10.3. The Morgan fingerprint density at radius 3 is 1.63 bits per heavy atom. The molecule has 0 aliphatic carbocycles. The number of nitrogens with one attached hydrogen (secondary N) is 2. The molecule has 184 valence electrons. The average molecular weight is 527 g/mol. The van der Waals surface area contributed by atoms with Gasteiger partial charge in [0.1, 0.15) is 0 Å². The Balaban J connectivity index is 1.54. The first-order valence-corrected chi connectivity index (χ1v) is 12.0. The van der Waals surface area contributed by atoms with Crippen molar-refractivity contribution in [2.75, 3.05) is 10.6 Å². The molecule has 0 amide bonds. The normalized spacial score (nSPS) is 17.3. The van der Waals surface area contributed by atoms with Crippen molar-refractivity contribution in [2.24, 2.45) is 0 Å². The minimum Gasteiger partial charge on any atom is -0.349 e. The fourth-order valence-electron chi connectivity index (χ4n) is 3.69. The molecule has 2 N–H and O–H groups in total. The van der Waals surface area contributed by atoms with Crippen molar-refractivity contribution >= 4 is 46.5 Å². The summed E-state index contributed by atoms with van der Waals surface area (Å²) < 4.78 is 64.3. The summed E-state index contributed by atoms with van der Waals surface area (Å²) in [6.45, 7) is 4.26. The number of benzene rings is 2. The van der Waals surface area contributed by atoms with Crippen molar-refractivity contribution in [3.8, 4) is 0 Å². The molecular weight excluding hydrogens is 507 g/mol. The number of fused-ring (bicyclic) bond motifs is 2. The number of carbonyl (C=O) groups excluding carboxylic acids is 2. The third-order valence-corrected chi connectivity index (χ3v) is 7.26. The number of alkyl halides is 5. The lowest BCUT2D eigenvalue weighted by molar-refractivity contribution is -0.165. The summed E-state index contributed by atoms with van der Waals surface area (Å²) in [5, 5.41) is 6.34. The number of hydrogen-bond donors (Lipinski definition) is 2. The van der Waals surface area contributed by atoms with E-state index < -0.39 is 23.7 Å². The monoisotopic (exact) mass is 526 g/mol. The number of aryl methyl sites for hydroxylation is 2. The fraction of sp³-hybridized carbons (Fsp3) is 0.250. The van der Waals surface area contributed by atoms with Crippen LogP contribution in [0.3, 0.4) is 0 Å². The number of anilines is 2. The lowest BCUT2D eigenvalue weighted by Gasteiger charge is -2.11. The highest BCUT2D eigenvalue weighted by Gasteiger charge is 2.37. The zero-order valence-corrected chi connectivity index (χ0v) is 20.3. The second-order valence-corrected chi connectivity index (χ2v) is 10.5. The summed E-state index contributed by atoms with van der Waals surface area (Å²) in [7, 11) is 0. The van der Waals surface area contributed by atoms with E-state index in [1.165, 1.54) is 11.8 Å². The molecule has 2 aliphatic heterocycles. The summed E-state index contributed by atoms with van der Waals surface area (Å²) in [6, 6.07) is 7.64. The highest BCUT2D eigenvalue weighted by Crippen LogP contribution is 2.46. The van der Waals surface area contributed by atoms with Crippen molar-refractivity contribution in [1.82, 2.24) is 0 Å². The standard InChI is InChI=1S/C24H19F5N2O2S2/c1-11-4-13(7-15-21(11)30-19(34-15)9-17(32)23(3,25)26)6-14-5-12(2)22-16(8-14)35-20(31-22)10-18(33)24(27,28)29/h4-5,7-10,30-31H,6H2,1-3H3/b19-9-,20-10-. The number of halogens is 5. The van der Waals surface area contributed by atoms with Gasteiger partial charge < -0.3 is 10.6 Å². The minimum absolute atomic E-state index is 0.116. The number of ketones is 2. The van der Waals surface area contributed by atoms with E-state index in [-0.39, 0.29) is 5.03 Å². The van der Waals surface area contributed by atoms with Crippen molar-refractivity contribution < 1.29 is 31.5 Å². The highest BCUT2D eigenvalue weighted by molar-refractivity contribution is 8.04. The molecule has 0 saturated heterocycles. The van der Waals surface area contributed by atoms with Gasteiger partial charge in [-0.3, -0.25) is 9.59 Å². The Bertz CT molecular complexity index is 1210. The topological polar surface area (TPSA) is 58.2 Å². The van der Waals surface area contributed by atoms with Crippen molar-refractivity contribution in [3.63, 3.8) is 0 Å². The molecule has 2 aromatic carbocycles. The Morgan fingerprint density at radius 2 is 1.23 bits per heavy atom. The predicted octanol–water partition coefficient (Wildman–Crippen LogP) is 6.97. The lowest BCUT2D eigenvalue weighted by atomic mass is 10.00. The number of thioether (sulfide) groups is 2. The van der Waals surface area contributed by atoms with Crippen LogP contribution in [0.5, 0.6) is 0 Å². The Morgan fingerprint density at radius 1 is 0.800 bits per heavy atom. The molecule has 0 spiro atoms. The zero-order chi connectivity index (χ0) is 25.7. The van der Waals surface area contributed by atoms with Crippen LogP contribution in [-0.2, 0) is 16.0 Å². The first kappa shape index (κ1) is 25.3. The van der Waals surface area contributed by atoms with Crippen LogP contribution in [0.2, 0.25) is 0 Å². The van der Waals surface area contributed by atoms with E-state index in [2.05, 4.69) is 10.6 Å². The molecule has 11 heteroatoms. The minimum atomic E-state index is -4.93. The predicted molar refractivity (Wildman–Crippen MR) is 127 cm³/mol. The van der Waals surface area contributed by atoms with Gasteiger partial charge >= 0.3 is 12.1 Å². The van der Waals surface area contributed by atoms with E-state index in [9.17, 15) is 31.5 Å². The van der Waals surface area contributed by atoms with E-state index in [0.29, 0.717) is 30.1 Å². The summed E-state index contributed by atoms with van der Waals surface area (Å²) in [5.41, 5.74) is 5.00. The average Bonchev–Trinajstić information content (AvgIpc) is 3.30. The number of carbonyl (C=O) groups is 2. The van der Waals surface area contributed by atoms with E-state index in [1.54, 1.807) is 0 Å². The molecule has 0 fully saturated rings. The maximum Gasteiger partial charge on any atom is 0.454 e. The molecule has 4 nitrogen and oxygen atoms in total. The van der Waals surface area contributed by atoms with Crippen LogP contribution in [0, 0.1) is 13.8 Å². The molecule has 4 rings (SSSR count). The maximum atomic E-state index is 13.2. The third-order valence-electron chi connectivity index (χ3n) is 5.30. The largest absolute Gasteiger partial charge is 0.454 e. The molecular formula is C24H19F5N2O2S2. The lowest BCUT2D eigenvalue weighted by Crippen LogP contribution is -2.22. The first-order chi connectivity index (χ1) is 16.2. The summed E-state index contributed by atoms with van der Waals surface area (Å²) >= 11 is 2.27. The van der Waals surface area contributed by atoms with Crippen LogP contribution in [0.1, 0.15) is 29.2 Å². The molecule has 0 saturated carbocycles. The van der Waals surface area contributed by atoms with Gasteiger partial charge in [-0.15, -0.1) is 0 Å². The molecule has 2 aliphatic rings. The Labute approximate surface area is 206 Å². The molecule has 0 atom stereocenters. The van der Waals surface area contributed by atoms with Crippen LogP contribution in [0.15, 0.2) is 56.3 Å². The molecule has 0 bridgehead atoms. The van der Waals surface area contributed by atoms with Gasteiger partial charge in [0.05, 0.1) is 21.4 Å². The molecule has 0 radical (unpaired) electrons. The van der Waals surface area contributed by atoms with E-state index in [1.807, 2.05) is 38.1 Å². The Kier molecular flexibility index (Phi) is 6.52. The highest BCUT2D eigenvalue weighted by atomic mass is 32.2. The van der Waals surface area contributed by atoms with Gasteiger partial charge in [0.25, 0.3) is 5.78 Å². The van der Waals surface area contributed by atoms with Gasteiger partial charge in [-0.2, -0.15) is 22.0 Å². The summed E-state index contributed by atoms with van der Waals surface area (Å²) in [6.07, 6.45) is -2.94. The number of rotatable bonds is 5. The van der Waals surface area contributed by atoms with E-state index in [0.717, 1.165) is 55.6 Å². The summed E-state index contributed by atoms with van der Waals surface area (Å²) in [5.74, 6) is -6.64. The Hall–Kier alpha value is -2.79. The quantitative estimate of drug-likeness (QED) is 0.324. The van der Waals surface area contributed by atoms with Crippen LogP contribution in [0.25, 0.3) is 0 Å². The van der Waals surface area contributed by atoms with Crippen LogP contribution >= 0.6 is 23.5 Å². The van der Waals surface area contributed by atoms with Crippen molar-refractivity contribution in [2.45, 2.75) is 49.1 Å². The molecule has 0 unspecified atom stereocenters. The second-order valence-electron chi connectivity index (χ2n) is 8.33. The fourth-order valence-corrected chi connectivity index (χ4v) is 5.85. The van der Waals surface area contributed by atoms with Gasteiger partial charge in [0.2, 0.25) is 5.78 Å². The number of hydrogen-bond acceptors (Lipinski definition) is 6. The molecule has 0 aromatic heterocycles.